The summed E-state index contributed by atoms with van der Waals surface area (Å²) >= 11 is 0. The van der Waals surface area contributed by atoms with E-state index in [-0.39, 0.29) is 12.0 Å². The Morgan fingerprint density at radius 3 is 2.71 bits per heavy atom. The molecule has 0 aliphatic carbocycles. The average molecular weight is 392 g/mol. The second-order valence-electron chi connectivity index (χ2n) is 8.81. The van der Waals surface area contributed by atoms with Crippen LogP contribution in [0.5, 0.6) is 0 Å². The zero-order chi connectivity index (χ0) is 20.6. The van der Waals surface area contributed by atoms with E-state index in [0.717, 1.165) is 37.7 Å². The highest BCUT2D eigenvalue weighted by Crippen LogP contribution is 2.44. The second kappa shape index (κ2) is 7.99. The second-order valence-corrected chi connectivity index (χ2v) is 8.81. The Morgan fingerprint density at radius 2 is 2.04 bits per heavy atom. The molecular weight excluding hydrogens is 360 g/mol. The topological polar surface area (TPSA) is 82.1 Å². The minimum absolute atomic E-state index is 0.0411. The maximum absolute atomic E-state index is 12.2. The van der Waals surface area contributed by atoms with Gasteiger partial charge in [-0.25, -0.2) is 4.79 Å². The number of hydrogen-bond acceptors (Lipinski definition) is 6. The molecule has 3 heterocycles. The minimum atomic E-state index is -0.800. The van der Waals surface area contributed by atoms with Crippen molar-refractivity contribution < 1.29 is 28.9 Å². The molecule has 28 heavy (non-hydrogen) atoms. The van der Waals surface area contributed by atoms with Crippen LogP contribution in [0.1, 0.15) is 59.3 Å². The Kier molecular flexibility index (Phi) is 6.01. The maximum atomic E-state index is 12.2. The van der Waals surface area contributed by atoms with Crippen molar-refractivity contribution in [3.63, 3.8) is 0 Å². The summed E-state index contributed by atoms with van der Waals surface area (Å²) in [6.45, 7) is 13.4. The molecule has 0 aromatic heterocycles. The van der Waals surface area contributed by atoms with Crippen LogP contribution in [-0.4, -0.2) is 47.1 Å². The van der Waals surface area contributed by atoms with Gasteiger partial charge in [0.1, 0.15) is 17.8 Å². The van der Waals surface area contributed by atoms with Crippen LogP contribution < -0.4 is 0 Å². The van der Waals surface area contributed by atoms with Gasteiger partial charge in [-0.1, -0.05) is 20.1 Å². The zero-order valence-corrected chi connectivity index (χ0v) is 17.1. The molecule has 0 saturated carbocycles. The van der Waals surface area contributed by atoms with E-state index in [1.165, 1.54) is 6.92 Å². The third-order valence-electron chi connectivity index (χ3n) is 6.65. The van der Waals surface area contributed by atoms with Crippen LogP contribution in [0, 0.1) is 11.8 Å². The monoisotopic (exact) mass is 392 g/mol. The summed E-state index contributed by atoms with van der Waals surface area (Å²) < 4.78 is 17.5. The third kappa shape index (κ3) is 4.03. The van der Waals surface area contributed by atoms with Gasteiger partial charge in [-0.15, -0.1) is 0 Å². The van der Waals surface area contributed by atoms with E-state index >= 15 is 0 Å². The first-order chi connectivity index (χ1) is 13.1. The van der Waals surface area contributed by atoms with Gasteiger partial charge in [0.15, 0.2) is 0 Å². The highest BCUT2D eigenvalue weighted by molar-refractivity contribution is 5.90. The fourth-order valence-corrected chi connectivity index (χ4v) is 4.76. The highest BCUT2D eigenvalue weighted by atomic mass is 16.6. The van der Waals surface area contributed by atoms with Crippen LogP contribution >= 0.6 is 0 Å². The van der Waals surface area contributed by atoms with Crippen molar-refractivity contribution in [2.75, 3.05) is 0 Å². The van der Waals surface area contributed by atoms with Gasteiger partial charge in [-0.05, 0) is 56.9 Å². The van der Waals surface area contributed by atoms with Crippen LogP contribution in [-0.2, 0) is 23.8 Å². The lowest BCUT2D eigenvalue weighted by molar-refractivity contribution is -0.169. The van der Waals surface area contributed by atoms with Crippen molar-refractivity contribution in [3.05, 3.63) is 24.3 Å². The molecule has 7 atom stereocenters. The van der Waals surface area contributed by atoms with Crippen LogP contribution in [0.25, 0.3) is 0 Å². The fourth-order valence-electron chi connectivity index (χ4n) is 4.76. The van der Waals surface area contributed by atoms with Crippen LogP contribution in [0.4, 0.5) is 0 Å². The molecule has 0 aromatic carbocycles. The quantitative estimate of drug-likeness (QED) is 0.420. The molecule has 3 saturated heterocycles. The lowest BCUT2D eigenvalue weighted by Crippen LogP contribution is -2.46. The predicted molar refractivity (Wildman–Crippen MR) is 103 cm³/mol. The van der Waals surface area contributed by atoms with Crippen molar-refractivity contribution in [2.45, 2.75) is 89.3 Å². The van der Waals surface area contributed by atoms with Crippen molar-refractivity contribution in [1.29, 1.82) is 0 Å². The summed E-state index contributed by atoms with van der Waals surface area (Å²) in [6.07, 6.45) is 2.27. The molecule has 1 N–H and O–H groups in total. The van der Waals surface area contributed by atoms with E-state index in [1.54, 1.807) is 0 Å². The summed E-state index contributed by atoms with van der Waals surface area (Å²) in [7, 11) is 0. The van der Waals surface area contributed by atoms with Gasteiger partial charge in [-0.2, -0.15) is 0 Å². The summed E-state index contributed by atoms with van der Waals surface area (Å²) in [6, 6.07) is 0. The molecule has 0 radical (unpaired) electrons. The average Bonchev–Trinajstić information content (AvgIpc) is 3.15. The minimum Gasteiger partial charge on any atom is -0.459 e. The van der Waals surface area contributed by atoms with Gasteiger partial charge in [0.25, 0.3) is 0 Å². The maximum Gasteiger partial charge on any atom is 0.334 e. The zero-order valence-electron chi connectivity index (χ0n) is 17.1. The molecule has 0 aromatic rings. The van der Waals surface area contributed by atoms with Gasteiger partial charge in [0, 0.05) is 18.4 Å². The molecule has 3 aliphatic rings. The molecule has 156 valence electrons. The Bertz CT molecular complexity index is 670. The molecule has 3 aliphatic heterocycles. The third-order valence-corrected chi connectivity index (χ3v) is 6.65. The number of rotatable bonds is 1. The highest BCUT2D eigenvalue weighted by Gasteiger charge is 2.51. The van der Waals surface area contributed by atoms with E-state index in [1.807, 2.05) is 13.8 Å². The number of hydrogen-bond donors (Lipinski definition) is 1. The Morgan fingerprint density at radius 1 is 1.32 bits per heavy atom. The summed E-state index contributed by atoms with van der Waals surface area (Å²) in [5.41, 5.74) is 0.688. The lowest BCUT2D eigenvalue weighted by atomic mass is 9.79. The number of aliphatic hydroxyl groups is 1. The number of carbonyl (C=O) groups excluding carboxylic acids is 2. The SMILES string of the molecule is C=C1CCC[C@@H](C)[C@H](O)[C@@H]2OC(=O)C(=C)[C@@H]2C[C@@H](OC(C)=O)[C@@]2(C)CC[C@@H]1O2. The first kappa shape index (κ1) is 21.1. The summed E-state index contributed by atoms with van der Waals surface area (Å²) in [4.78, 5) is 24.0. The Balaban J connectivity index is 1.95. The van der Waals surface area contributed by atoms with Crippen molar-refractivity contribution >= 4 is 11.9 Å². The van der Waals surface area contributed by atoms with Crippen LogP contribution in [0.3, 0.4) is 0 Å². The van der Waals surface area contributed by atoms with Gasteiger partial charge in [-0.3, -0.25) is 4.79 Å². The molecule has 6 heteroatoms. The van der Waals surface area contributed by atoms with E-state index in [4.69, 9.17) is 14.2 Å². The first-order valence-corrected chi connectivity index (χ1v) is 10.2. The van der Waals surface area contributed by atoms with Crippen molar-refractivity contribution in [2.24, 2.45) is 11.8 Å². The van der Waals surface area contributed by atoms with Gasteiger partial charge < -0.3 is 19.3 Å². The summed E-state index contributed by atoms with van der Waals surface area (Å²) in [5, 5.41) is 10.9. The number of fused-ring (bicyclic) bond motifs is 3. The largest absolute Gasteiger partial charge is 0.459 e. The lowest BCUT2D eigenvalue weighted by Gasteiger charge is -2.36. The van der Waals surface area contributed by atoms with E-state index in [9.17, 15) is 14.7 Å². The molecule has 0 unspecified atom stereocenters. The number of esters is 2. The molecule has 3 rings (SSSR count). The first-order valence-electron chi connectivity index (χ1n) is 10.2. The Hall–Kier alpha value is -1.66. The standard InChI is InChI=1S/C22H32O6/c1-12-7-6-8-13(2)19(24)20-16(14(3)21(25)27-20)11-18(26-15(4)23)22(5)10-9-17(12)28-22/h13,16-20,24H,1,3,6-11H2,2,4-5H3/t13-,16+,17+,18-,19+,20-,22-/m1/s1. The molecule has 0 amide bonds. The van der Waals surface area contributed by atoms with E-state index < -0.39 is 41.8 Å². The number of aliphatic hydroxyl groups excluding tert-OH is 1. The van der Waals surface area contributed by atoms with E-state index in [0.29, 0.717) is 12.0 Å². The number of carbonyl (C=O) groups is 2. The van der Waals surface area contributed by atoms with E-state index in [2.05, 4.69) is 13.2 Å². The number of ether oxygens (including phenoxy) is 3. The van der Waals surface area contributed by atoms with Crippen molar-refractivity contribution in [1.82, 2.24) is 0 Å². The van der Waals surface area contributed by atoms with Gasteiger partial charge in [0.2, 0.25) is 0 Å². The smallest absolute Gasteiger partial charge is 0.334 e. The molecular formula is C22H32O6. The van der Waals surface area contributed by atoms with Gasteiger partial charge >= 0.3 is 11.9 Å². The molecule has 6 nitrogen and oxygen atoms in total. The normalized spacial score (nSPS) is 42.1. The Labute approximate surface area is 166 Å². The predicted octanol–water partition coefficient (Wildman–Crippen LogP) is 3.08. The molecule has 0 spiro atoms. The van der Waals surface area contributed by atoms with Crippen LogP contribution in [0.15, 0.2) is 24.3 Å². The van der Waals surface area contributed by atoms with Gasteiger partial charge in [0.05, 0.1) is 12.2 Å². The fraction of sp³-hybridized carbons (Fsp3) is 0.727. The van der Waals surface area contributed by atoms with Crippen LogP contribution in [0.2, 0.25) is 0 Å². The summed E-state index contributed by atoms with van der Waals surface area (Å²) in [5.74, 6) is -1.35. The molecule has 2 bridgehead atoms. The molecule has 3 fully saturated rings. The van der Waals surface area contributed by atoms with Crippen molar-refractivity contribution in [3.8, 4) is 0 Å².